The maximum absolute atomic E-state index is 12.2. The number of hydrogen-bond donors (Lipinski definition) is 1. The molecule has 0 saturated carbocycles. The summed E-state index contributed by atoms with van der Waals surface area (Å²) in [6.45, 7) is 7.63. The van der Waals surface area contributed by atoms with Crippen molar-refractivity contribution in [1.82, 2.24) is 10.3 Å². The van der Waals surface area contributed by atoms with E-state index in [2.05, 4.69) is 10.4 Å². The second-order valence-electron chi connectivity index (χ2n) is 6.03. The maximum Gasteiger partial charge on any atom is 0.316 e. The van der Waals surface area contributed by atoms with E-state index in [4.69, 9.17) is 4.74 Å². The van der Waals surface area contributed by atoms with Gasteiger partial charge in [-0.15, -0.1) is 0 Å². The predicted molar refractivity (Wildman–Crippen MR) is 81.8 cm³/mol. The van der Waals surface area contributed by atoms with Gasteiger partial charge in [0.2, 0.25) is 0 Å². The first-order chi connectivity index (χ1) is 10.2. The molecule has 1 aliphatic heterocycles. The van der Waals surface area contributed by atoms with Crippen molar-refractivity contribution in [3.63, 3.8) is 0 Å². The zero-order valence-corrected chi connectivity index (χ0v) is 13.7. The lowest BCUT2D eigenvalue weighted by Crippen LogP contribution is -2.34. The molecule has 122 valence electrons. The predicted octanol–water partition coefficient (Wildman–Crippen LogP) is 1.20. The Morgan fingerprint density at radius 3 is 2.55 bits per heavy atom. The van der Waals surface area contributed by atoms with E-state index in [1.165, 1.54) is 18.3 Å². The molecule has 1 amide bonds. The number of Topliss-reactive ketones (excluding diaryl/α,β-unsaturated/α-hetero) is 1. The molecular formula is C15H23N3O4. The van der Waals surface area contributed by atoms with Crippen LogP contribution >= 0.6 is 0 Å². The Labute approximate surface area is 130 Å². The van der Waals surface area contributed by atoms with Gasteiger partial charge < -0.3 is 10.1 Å². The number of nitrogens with one attached hydrogen (secondary N) is 1. The van der Waals surface area contributed by atoms with Crippen molar-refractivity contribution in [2.24, 2.45) is 10.5 Å². The number of hydrogen-bond acceptors (Lipinski definition) is 6. The Bertz CT molecular complexity index is 529. The Balaban J connectivity index is 3.03. The number of ether oxygens (including phenoxy) is 1. The minimum atomic E-state index is -0.684. The SMILES string of the molecule is CCCN1C=C(OC(=O)C(C)(C)C)CC(=O)C(C(=O)NC)=N1. The lowest BCUT2D eigenvalue weighted by Gasteiger charge is -2.18. The first-order valence-corrected chi connectivity index (χ1v) is 7.22. The van der Waals surface area contributed by atoms with Crippen LogP contribution in [0.3, 0.4) is 0 Å². The third-order valence-electron chi connectivity index (χ3n) is 2.85. The highest BCUT2D eigenvalue weighted by Gasteiger charge is 2.29. The number of allylic oxidation sites excluding steroid dienone is 1. The third-order valence-corrected chi connectivity index (χ3v) is 2.85. The summed E-state index contributed by atoms with van der Waals surface area (Å²) in [5, 5.41) is 7.90. The average molecular weight is 309 g/mol. The molecule has 0 spiro atoms. The fraction of sp³-hybridized carbons (Fsp3) is 0.600. The van der Waals surface area contributed by atoms with Crippen LogP contribution in [0, 0.1) is 5.41 Å². The van der Waals surface area contributed by atoms with Crippen molar-refractivity contribution in [3.8, 4) is 0 Å². The van der Waals surface area contributed by atoms with Gasteiger partial charge in [0, 0.05) is 13.6 Å². The lowest BCUT2D eigenvalue weighted by molar-refractivity contribution is -0.148. The van der Waals surface area contributed by atoms with Crippen LogP contribution in [0.25, 0.3) is 0 Å². The Kier molecular flexibility index (Phi) is 5.84. The highest BCUT2D eigenvalue weighted by molar-refractivity contribution is 6.65. The van der Waals surface area contributed by atoms with Crippen molar-refractivity contribution in [3.05, 3.63) is 12.0 Å². The van der Waals surface area contributed by atoms with Crippen molar-refractivity contribution in [2.45, 2.75) is 40.5 Å². The summed E-state index contributed by atoms with van der Waals surface area (Å²) >= 11 is 0. The standard InChI is InChI=1S/C15H23N3O4/c1-6-7-18-9-10(22-14(21)15(2,3)4)8-11(19)12(17-18)13(20)16-5/h9H,6-8H2,1-5H3,(H,16,20). The number of amides is 1. The van der Waals surface area contributed by atoms with Crippen molar-refractivity contribution >= 4 is 23.4 Å². The molecule has 0 atom stereocenters. The summed E-state index contributed by atoms with van der Waals surface area (Å²) in [6, 6.07) is 0. The van der Waals surface area contributed by atoms with Gasteiger partial charge in [-0.1, -0.05) is 6.92 Å². The summed E-state index contributed by atoms with van der Waals surface area (Å²) in [7, 11) is 1.43. The number of hydrazone groups is 1. The molecule has 0 unspecified atom stereocenters. The number of rotatable bonds is 4. The molecule has 0 fully saturated rings. The topological polar surface area (TPSA) is 88.1 Å². The smallest absolute Gasteiger partial charge is 0.316 e. The molecule has 0 saturated heterocycles. The van der Waals surface area contributed by atoms with Crippen LogP contribution in [0.5, 0.6) is 0 Å². The van der Waals surface area contributed by atoms with Crippen molar-refractivity contribution < 1.29 is 19.1 Å². The summed E-state index contributed by atoms with van der Waals surface area (Å²) in [6.07, 6.45) is 2.09. The first kappa shape index (κ1) is 17.9. The van der Waals surface area contributed by atoms with Gasteiger partial charge in [-0.3, -0.25) is 19.4 Å². The van der Waals surface area contributed by atoms with Gasteiger partial charge in [-0.2, -0.15) is 5.10 Å². The molecule has 0 aliphatic carbocycles. The quantitative estimate of drug-likeness (QED) is 0.788. The third kappa shape index (κ3) is 4.68. The number of carbonyl (C=O) groups is 3. The summed E-state index contributed by atoms with van der Waals surface area (Å²) in [5.41, 5.74) is -0.870. The number of nitrogens with zero attached hydrogens (tertiary/aromatic N) is 2. The van der Waals surface area contributed by atoms with Gasteiger partial charge in [0.1, 0.15) is 5.76 Å². The highest BCUT2D eigenvalue weighted by Crippen LogP contribution is 2.21. The van der Waals surface area contributed by atoms with Crippen LogP contribution in [0.1, 0.15) is 40.5 Å². The summed E-state index contributed by atoms with van der Waals surface area (Å²) < 4.78 is 5.30. The molecule has 0 bridgehead atoms. The molecule has 0 aromatic carbocycles. The van der Waals surface area contributed by atoms with E-state index in [9.17, 15) is 14.4 Å². The van der Waals surface area contributed by atoms with Crippen molar-refractivity contribution in [2.75, 3.05) is 13.6 Å². The van der Waals surface area contributed by atoms with Crippen LogP contribution in [0.4, 0.5) is 0 Å². The Morgan fingerprint density at radius 1 is 1.41 bits per heavy atom. The van der Waals surface area contributed by atoms with Crippen LogP contribution in [-0.2, 0) is 19.1 Å². The first-order valence-electron chi connectivity index (χ1n) is 7.22. The van der Waals surface area contributed by atoms with Crippen molar-refractivity contribution in [1.29, 1.82) is 0 Å². The van der Waals surface area contributed by atoms with Crippen LogP contribution < -0.4 is 5.32 Å². The fourth-order valence-corrected chi connectivity index (χ4v) is 1.64. The average Bonchev–Trinajstić information content (AvgIpc) is 2.56. The molecule has 0 radical (unpaired) electrons. The van der Waals surface area contributed by atoms with Crippen LogP contribution in [0.2, 0.25) is 0 Å². The van der Waals surface area contributed by atoms with Gasteiger partial charge in [-0.25, -0.2) is 0 Å². The van der Waals surface area contributed by atoms with Gasteiger partial charge >= 0.3 is 5.97 Å². The number of ketones is 1. The van der Waals surface area contributed by atoms with Gasteiger partial charge in [0.15, 0.2) is 11.5 Å². The normalized spacial score (nSPS) is 15.7. The lowest BCUT2D eigenvalue weighted by atomic mass is 9.97. The summed E-state index contributed by atoms with van der Waals surface area (Å²) in [5.74, 6) is -1.28. The van der Waals surface area contributed by atoms with Gasteiger partial charge in [0.25, 0.3) is 5.91 Å². The van der Waals surface area contributed by atoms with E-state index < -0.39 is 23.1 Å². The molecule has 0 aromatic heterocycles. The molecule has 1 aliphatic rings. The number of carbonyl (C=O) groups excluding carboxylic acids is 3. The molecular weight excluding hydrogens is 286 g/mol. The molecule has 0 aromatic rings. The minimum Gasteiger partial charge on any atom is -0.429 e. The van der Waals surface area contributed by atoms with E-state index in [0.717, 1.165) is 6.42 Å². The molecule has 7 heteroatoms. The molecule has 1 heterocycles. The van der Waals surface area contributed by atoms with E-state index in [-0.39, 0.29) is 17.9 Å². The van der Waals surface area contributed by atoms with E-state index >= 15 is 0 Å². The summed E-state index contributed by atoms with van der Waals surface area (Å²) in [4.78, 5) is 35.9. The molecule has 22 heavy (non-hydrogen) atoms. The zero-order valence-electron chi connectivity index (χ0n) is 13.7. The van der Waals surface area contributed by atoms with Crippen LogP contribution in [0.15, 0.2) is 17.1 Å². The van der Waals surface area contributed by atoms with E-state index in [1.54, 1.807) is 20.8 Å². The monoisotopic (exact) mass is 309 g/mol. The Morgan fingerprint density at radius 2 is 2.05 bits per heavy atom. The Hall–Kier alpha value is -2.18. The fourth-order valence-electron chi connectivity index (χ4n) is 1.64. The van der Waals surface area contributed by atoms with E-state index in [1.807, 2.05) is 6.92 Å². The minimum absolute atomic E-state index is 0.172. The second kappa shape index (κ2) is 7.20. The van der Waals surface area contributed by atoms with E-state index in [0.29, 0.717) is 6.54 Å². The second-order valence-corrected chi connectivity index (χ2v) is 6.03. The highest BCUT2D eigenvalue weighted by atomic mass is 16.5. The number of esters is 1. The van der Waals surface area contributed by atoms with Gasteiger partial charge in [-0.05, 0) is 27.2 Å². The molecule has 7 nitrogen and oxygen atoms in total. The maximum atomic E-state index is 12.2. The molecule has 1 rings (SSSR count). The largest absolute Gasteiger partial charge is 0.429 e. The zero-order chi connectivity index (χ0) is 16.9. The van der Waals surface area contributed by atoms with Crippen LogP contribution in [-0.4, -0.2) is 42.0 Å². The molecule has 1 N–H and O–H groups in total. The van der Waals surface area contributed by atoms with Gasteiger partial charge in [0.05, 0.1) is 18.0 Å².